The fourth-order valence-corrected chi connectivity index (χ4v) is 2.44. The Balaban J connectivity index is 2.01. The summed E-state index contributed by atoms with van der Waals surface area (Å²) in [6.45, 7) is 6.32. The van der Waals surface area contributed by atoms with E-state index >= 15 is 0 Å². The fourth-order valence-electron chi connectivity index (χ4n) is 2.44. The van der Waals surface area contributed by atoms with E-state index in [0.29, 0.717) is 37.3 Å². The highest BCUT2D eigenvalue weighted by atomic mass is 16.1. The Morgan fingerprint density at radius 2 is 1.90 bits per heavy atom. The largest absolute Gasteiger partial charge is 0.370 e. The van der Waals surface area contributed by atoms with Gasteiger partial charge in [0, 0.05) is 26.1 Å². The van der Waals surface area contributed by atoms with Gasteiger partial charge in [0.05, 0.1) is 0 Å². The van der Waals surface area contributed by atoms with Crippen LogP contribution >= 0.6 is 0 Å². The van der Waals surface area contributed by atoms with E-state index < -0.39 is 0 Å². The van der Waals surface area contributed by atoms with Crippen LogP contribution in [-0.4, -0.2) is 31.5 Å². The average molecular weight is 282 g/mol. The lowest BCUT2D eigenvalue weighted by atomic mass is 10.0. The molecule has 1 amide bonds. The van der Waals surface area contributed by atoms with Gasteiger partial charge in [-0.05, 0) is 31.1 Å². The molecule has 0 aromatic rings. The summed E-state index contributed by atoms with van der Waals surface area (Å²) in [6, 6.07) is 0. The Labute approximate surface area is 122 Å². The molecule has 5 nitrogen and oxygen atoms in total. The molecule has 116 valence electrons. The van der Waals surface area contributed by atoms with E-state index in [9.17, 15) is 4.79 Å². The van der Waals surface area contributed by atoms with Crippen molar-refractivity contribution in [2.24, 2.45) is 22.6 Å². The third-order valence-electron chi connectivity index (χ3n) is 3.69. The first-order valence-corrected chi connectivity index (χ1v) is 7.88. The van der Waals surface area contributed by atoms with Crippen LogP contribution in [0, 0.1) is 11.8 Å². The lowest BCUT2D eigenvalue weighted by Crippen LogP contribution is -2.38. The number of nitrogens with two attached hydrogens (primary N) is 1. The van der Waals surface area contributed by atoms with Crippen LogP contribution in [-0.2, 0) is 4.79 Å². The number of carbonyl (C=O) groups is 1. The number of aliphatic imine (C=N–C) groups is 1. The Morgan fingerprint density at radius 1 is 1.25 bits per heavy atom. The molecule has 0 saturated heterocycles. The third-order valence-corrected chi connectivity index (χ3v) is 3.69. The van der Waals surface area contributed by atoms with Gasteiger partial charge < -0.3 is 16.4 Å². The first kappa shape index (κ1) is 16.8. The van der Waals surface area contributed by atoms with Crippen molar-refractivity contribution >= 4 is 11.9 Å². The molecule has 0 unspecified atom stereocenters. The molecule has 0 spiro atoms. The SMILES string of the molecule is CC(C)CCN=C(N)NCCNC(=O)CC1CCCC1. The Morgan fingerprint density at radius 3 is 2.55 bits per heavy atom. The highest BCUT2D eigenvalue weighted by Crippen LogP contribution is 2.27. The van der Waals surface area contributed by atoms with Crippen molar-refractivity contribution in [3.05, 3.63) is 0 Å². The van der Waals surface area contributed by atoms with Crippen LogP contribution in [0.1, 0.15) is 52.4 Å². The first-order valence-electron chi connectivity index (χ1n) is 7.88. The molecule has 0 aliphatic heterocycles. The second-order valence-corrected chi connectivity index (χ2v) is 6.08. The normalized spacial score (nSPS) is 16.6. The predicted octanol–water partition coefficient (Wildman–Crippen LogP) is 1.63. The second kappa shape index (κ2) is 9.61. The van der Waals surface area contributed by atoms with Gasteiger partial charge in [0.25, 0.3) is 0 Å². The lowest BCUT2D eigenvalue weighted by molar-refractivity contribution is -0.121. The second-order valence-electron chi connectivity index (χ2n) is 6.08. The molecule has 0 heterocycles. The molecular formula is C15H30N4O. The Hall–Kier alpha value is -1.26. The molecule has 5 heteroatoms. The van der Waals surface area contributed by atoms with Crippen molar-refractivity contribution in [2.75, 3.05) is 19.6 Å². The maximum atomic E-state index is 11.7. The van der Waals surface area contributed by atoms with Crippen molar-refractivity contribution < 1.29 is 4.79 Å². The number of nitrogens with one attached hydrogen (secondary N) is 2. The zero-order valence-electron chi connectivity index (χ0n) is 13.0. The number of hydrogen-bond donors (Lipinski definition) is 3. The molecule has 4 N–H and O–H groups in total. The van der Waals surface area contributed by atoms with E-state index in [1.807, 2.05) is 0 Å². The fraction of sp³-hybridized carbons (Fsp3) is 0.867. The van der Waals surface area contributed by atoms with Gasteiger partial charge in [-0.1, -0.05) is 26.7 Å². The summed E-state index contributed by atoms with van der Waals surface area (Å²) in [7, 11) is 0. The van der Waals surface area contributed by atoms with Crippen LogP contribution in [0.2, 0.25) is 0 Å². The van der Waals surface area contributed by atoms with E-state index in [4.69, 9.17) is 5.73 Å². The van der Waals surface area contributed by atoms with Gasteiger partial charge >= 0.3 is 0 Å². The number of hydrogen-bond acceptors (Lipinski definition) is 2. The van der Waals surface area contributed by atoms with Gasteiger partial charge in [-0.25, -0.2) is 0 Å². The smallest absolute Gasteiger partial charge is 0.220 e. The number of carbonyl (C=O) groups excluding carboxylic acids is 1. The maximum absolute atomic E-state index is 11.7. The third kappa shape index (κ3) is 8.02. The predicted molar refractivity (Wildman–Crippen MR) is 83.5 cm³/mol. The van der Waals surface area contributed by atoms with Crippen LogP contribution in [0.15, 0.2) is 4.99 Å². The lowest BCUT2D eigenvalue weighted by Gasteiger charge is -2.10. The molecule has 0 radical (unpaired) electrons. The van der Waals surface area contributed by atoms with Crippen molar-refractivity contribution in [3.8, 4) is 0 Å². The summed E-state index contributed by atoms with van der Waals surface area (Å²) in [4.78, 5) is 15.9. The zero-order chi connectivity index (χ0) is 14.8. The van der Waals surface area contributed by atoms with Gasteiger partial charge in [0.1, 0.15) is 0 Å². The van der Waals surface area contributed by atoms with Crippen LogP contribution in [0.5, 0.6) is 0 Å². The summed E-state index contributed by atoms with van der Waals surface area (Å²) in [5.41, 5.74) is 5.74. The summed E-state index contributed by atoms with van der Waals surface area (Å²) < 4.78 is 0. The van der Waals surface area contributed by atoms with E-state index in [-0.39, 0.29) is 5.91 Å². The van der Waals surface area contributed by atoms with E-state index in [1.165, 1.54) is 25.7 Å². The quantitative estimate of drug-likeness (QED) is 0.360. The Bertz CT molecular complexity index is 309. The molecule has 1 aliphatic carbocycles. The van der Waals surface area contributed by atoms with Crippen molar-refractivity contribution in [1.82, 2.24) is 10.6 Å². The molecule has 0 bridgehead atoms. The van der Waals surface area contributed by atoms with E-state index in [2.05, 4.69) is 29.5 Å². The summed E-state index contributed by atoms with van der Waals surface area (Å²) in [5, 5.41) is 5.95. The van der Waals surface area contributed by atoms with Gasteiger partial charge in [-0.2, -0.15) is 0 Å². The van der Waals surface area contributed by atoms with Gasteiger partial charge in [-0.3, -0.25) is 9.79 Å². The van der Waals surface area contributed by atoms with Crippen LogP contribution in [0.4, 0.5) is 0 Å². The molecule has 1 aliphatic rings. The van der Waals surface area contributed by atoms with E-state index in [0.717, 1.165) is 13.0 Å². The zero-order valence-corrected chi connectivity index (χ0v) is 13.0. The summed E-state index contributed by atoms with van der Waals surface area (Å²) >= 11 is 0. The molecule has 1 fully saturated rings. The van der Waals surface area contributed by atoms with E-state index in [1.54, 1.807) is 0 Å². The molecule has 0 aromatic carbocycles. The molecule has 0 atom stereocenters. The number of guanidine groups is 1. The minimum Gasteiger partial charge on any atom is -0.370 e. The Kier molecular flexibility index (Phi) is 8.07. The molecule has 20 heavy (non-hydrogen) atoms. The average Bonchev–Trinajstić information content (AvgIpc) is 2.87. The monoisotopic (exact) mass is 282 g/mol. The van der Waals surface area contributed by atoms with Crippen LogP contribution in [0.25, 0.3) is 0 Å². The molecule has 0 aromatic heterocycles. The topological polar surface area (TPSA) is 79.5 Å². The van der Waals surface area contributed by atoms with Crippen LogP contribution < -0.4 is 16.4 Å². The number of amides is 1. The molecule has 1 saturated carbocycles. The van der Waals surface area contributed by atoms with Gasteiger partial charge in [-0.15, -0.1) is 0 Å². The summed E-state index contributed by atoms with van der Waals surface area (Å²) in [5.74, 6) is 1.87. The minimum atomic E-state index is 0.161. The van der Waals surface area contributed by atoms with Crippen molar-refractivity contribution in [3.63, 3.8) is 0 Å². The molecular weight excluding hydrogens is 252 g/mol. The summed E-state index contributed by atoms with van der Waals surface area (Å²) in [6.07, 6.45) is 6.70. The van der Waals surface area contributed by atoms with Crippen LogP contribution in [0.3, 0.4) is 0 Å². The highest BCUT2D eigenvalue weighted by molar-refractivity contribution is 5.78. The van der Waals surface area contributed by atoms with Gasteiger partial charge in [0.2, 0.25) is 5.91 Å². The number of rotatable bonds is 8. The molecule has 1 rings (SSSR count). The van der Waals surface area contributed by atoms with Crippen molar-refractivity contribution in [2.45, 2.75) is 52.4 Å². The van der Waals surface area contributed by atoms with Crippen molar-refractivity contribution in [1.29, 1.82) is 0 Å². The number of nitrogens with zero attached hydrogens (tertiary/aromatic N) is 1. The highest BCUT2D eigenvalue weighted by Gasteiger charge is 2.17. The minimum absolute atomic E-state index is 0.161. The standard InChI is InChI=1S/C15H30N4O/c1-12(2)7-8-18-15(16)19-10-9-17-14(20)11-13-5-3-4-6-13/h12-13H,3-11H2,1-2H3,(H,17,20)(H3,16,18,19). The maximum Gasteiger partial charge on any atom is 0.220 e. The first-order chi connectivity index (χ1) is 9.58. The van der Waals surface area contributed by atoms with Gasteiger partial charge in [0.15, 0.2) is 5.96 Å².